The first-order valence-electron chi connectivity index (χ1n) is 10.4. The highest BCUT2D eigenvalue weighted by molar-refractivity contribution is 5.84. The Morgan fingerprint density at radius 3 is 2.61 bits per heavy atom. The summed E-state index contributed by atoms with van der Waals surface area (Å²) in [5, 5.41) is 0. The van der Waals surface area contributed by atoms with E-state index in [1.54, 1.807) is 0 Å². The predicted molar refractivity (Wildman–Crippen MR) is 102 cm³/mol. The molecule has 0 spiro atoms. The van der Waals surface area contributed by atoms with Crippen LogP contribution in [0.5, 0.6) is 11.5 Å². The van der Waals surface area contributed by atoms with Gasteiger partial charge in [0.25, 0.3) is 0 Å². The monoisotopic (exact) mass is 385 g/mol. The van der Waals surface area contributed by atoms with Crippen LogP contribution < -0.4 is 9.47 Å². The lowest BCUT2D eigenvalue weighted by atomic mass is 9.95. The molecule has 1 saturated carbocycles. The number of nitrogens with zero attached hydrogens (tertiary/aromatic N) is 3. The Bertz CT molecular complexity index is 771. The fourth-order valence-electron chi connectivity index (χ4n) is 4.49. The average molecular weight is 385 g/mol. The molecule has 3 heterocycles. The lowest BCUT2D eigenvalue weighted by Gasteiger charge is -2.39. The summed E-state index contributed by atoms with van der Waals surface area (Å²) < 4.78 is 10.8. The van der Waals surface area contributed by atoms with E-state index in [1.165, 1.54) is 5.56 Å². The normalized spacial score (nSPS) is 25.3. The summed E-state index contributed by atoms with van der Waals surface area (Å²) in [7, 11) is 0. The molecule has 1 aliphatic carbocycles. The molecule has 0 unspecified atom stereocenters. The van der Waals surface area contributed by atoms with Crippen molar-refractivity contribution in [1.82, 2.24) is 14.7 Å². The van der Waals surface area contributed by atoms with Crippen LogP contribution in [-0.2, 0) is 16.1 Å². The molecule has 1 aromatic rings. The van der Waals surface area contributed by atoms with Crippen LogP contribution in [0.2, 0.25) is 0 Å². The van der Waals surface area contributed by atoms with Crippen LogP contribution in [0.25, 0.3) is 0 Å². The molecule has 7 nitrogen and oxygen atoms in total. The smallest absolute Gasteiger partial charge is 0.231 e. The van der Waals surface area contributed by atoms with Crippen LogP contribution in [0.4, 0.5) is 0 Å². The molecule has 2 saturated heterocycles. The third-order valence-corrected chi connectivity index (χ3v) is 6.31. The standard InChI is InChI=1S/C21H27N3O4/c25-20-6-2-16(13-24(20)17-3-4-17)21(26)23-9-7-22(8-10-23)12-15-1-5-18-19(11-15)28-14-27-18/h1,5,11,16-17H,2-4,6-10,12-14H2/t16-/m0/s1. The minimum atomic E-state index is -0.0151. The topological polar surface area (TPSA) is 62.3 Å². The summed E-state index contributed by atoms with van der Waals surface area (Å²) in [4.78, 5) is 31.4. The SMILES string of the molecule is O=C([C@H]1CCC(=O)N(C2CC2)C1)N1CCN(Cc2ccc3c(c2)OCO3)CC1. The van der Waals surface area contributed by atoms with Crippen LogP contribution in [0.3, 0.4) is 0 Å². The summed E-state index contributed by atoms with van der Waals surface area (Å²) in [6.07, 6.45) is 3.44. The number of fused-ring (bicyclic) bond motifs is 1. The molecule has 1 atom stereocenters. The molecule has 0 aromatic heterocycles. The number of piperazine rings is 1. The fraction of sp³-hybridized carbons (Fsp3) is 0.619. The lowest BCUT2D eigenvalue weighted by Crippen LogP contribution is -2.53. The Morgan fingerprint density at radius 1 is 1.04 bits per heavy atom. The van der Waals surface area contributed by atoms with Crippen LogP contribution in [-0.4, -0.2) is 72.1 Å². The van der Waals surface area contributed by atoms with Gasteiger partial charge in [0.2, 0.25) is 18.6 Å². The van der Waals surface area contributed by atoms with E-state index in [9.17, 15) is 9.59 Å². The summed E-state index contributed by atoms with van der Waals surface area (Å²) in [5.74, 6) is 2.09. The van der Waals surface area contributed by atoms with Crippen molar-refractivity contribution in [3.8, 4) is 11.5 Å². The second kappa shape index (κ2) is 7.28. The fourth-order valence-corrected chi connectivity index (χ4v) is 4.49. The average Bonchev–Trinajstić information content (AvgIpc) is 3.45. The van der Waals surface area contributed by atoms with Crippen LogP contribution in [0.15, 0.2) is 18.2 Å². The van der Waals surface area contributed by atoms with Gasteiger partial charge in [-0.25, -0.2) is 0 Å². The summed E-state index contributed by atoms with van der Waals surface area (Å²) in [6.45, 7) is 5.04. The number of hydrogen-bond acceptors (Lipinski definition) is 5. The van der Waals surface area contributed by atoms with Crippen molar-refractivity contribution in [3.05, 3.63) is 23.8 Å². The number of likely N-dealkylation sites (tertiary alicyclic amines) is 1. The number of benzene rings is 1. The number of rotatable bonds is 4. The van der Waals surface area contributed by atoms with Crippen LogP contribution in [0, 0.1) is 5.92 Å². The second-order valence-electron chi connectivity index (χ2n) is 8.30. The van der Waals surface area contributed by atoms with Crippen LogP contribution in [0.1, 0.15) is 31.2 Å². The molecule has 7 heteroatoms. The quantitative estimate of drug-likeness (QED) is 0.785. The van der Waals surface area contributed by atoms with E-state index in [-0.39, 0.29) is 17.7 Å². The van der Waals surface area contributed by atoms with Gasteiger partial charge in [0.1, 0.15) is 0 Å². The molecule has 2 amide bonds. The first-order chi connectivity index (χ1) is 13.7. The molecule has 150 valence electrons. The number of piperidine rings is 1. The molecule has 3 fully saturated rings. The largest absolute Gasteiger partial charge is 0.454 e. The highest BCUT2D eigenvalue weighted by Gasteiger charge is 2.40. The molecule has 4 aliphatic rings. The maximum absolute atomic E-state index is 13.0. The van der Waals surface area contributed by atoms with E-state index < -0.39 is 0 Å². The first kappa shape index (κ1) is 17.8. The van der Waals surface area contributed by atoms with E-state index >= 15 is 0 Å². The zero-order valence-electron chi connectivity index (χ0n) is 16.1. The van der Waals surface area contributed by atoms with Crippen molar-refractivity contribution < 1.29 is 19.1 Å². The number of amides is 2. The number of carbonyl (C=O) groups excluding carboxylic acids is 2. The van der Waals surface area contributed by atoms with Gasteiger partial charge in [-0.3, -0.25) is 14.5 Å². The number of carbonyl (C=O) groups is 2. The third kappa shape index (κ3) is 3.55. The second-order valence-corrected chi connectivity index (χ2v) is 8.30. The van der Waals surface area contributed by atoms with Gasteiger partial charge in [-0.1, -0.05) is 6.07 Å². The van der Waals surface area contributed by atoms with Gasteiger partial charge < -0.3 is 19.3 Å². The Kier molecular flexibility index (Phi) is 4.62. The van der Waals surface area contributed by atoms with Gasteiger partial charge in [0.05, 0.1) is 5.92 Å². The van der Waals surface area contributed by atoms with Gasteiger partial charge >= 0.3 is 0 Å². The predicted octanol–water partition coefficient (Wildman–Crippen LogP) is 1.46. The minimum absolute atomic E-state index is 0.0151. The van der Waals surface area contributed by atoms with E-state index in [1.807, 2.05) is 21.9 Å². The van der Waals surface area contributed by atoms with Crippen LogP contribution >= 0.6 is 0 Å². The summed E-state index contributed by atoms with van der Waals surface area (Å²) in [6, 6.07) is 6.50. The molecule has 1 aromatic carbocycles. The molecular weight excluding hydrogens is 358 g/mol. The molecular formula is C21H27N3O4. The van der Waals surface area contributed by atoms with Gasteiger partial charge in [0, 0.05) is 51.7 Å². The first-order valence-corrected chi connectivity index (χ1v) is 10.4. The Labute approximate surface area is 165 Å². The number of hydrogen-bond donors (Lipinski definition) is 0. The van der Waals surface area contributed by atoms with E-state index in [0.29, 0.717) is 32.2 Å². The van der Waals surface area contributed by atoms with Gasteiger partial charge in [0.15, 0.2) is 11.5 Å². The number of ether oxygens (including phenoxy) is 2. The molecule has 0 radical (unpaired) electrons. The Hall–Kier alpha value is -2.28. The van der Waals surface area contributed by atoms with Crippen molar-refractivity contribution in [2.45, 2.75) is 38.3 Å². The maximum Gasteiger partial charge on any atom is 0.231 e. The molecule has 0 bridgehead atoms. The Balaban J connectivity index is 1.13. The highest BCUT2D eigenvalue weighted by atomic mass is 16.7. The van der Waals surface area contributed by atoms with E-state index in [4.69, 9.17) is 9.47 Å². The van der Waals surface area contributed by atoms with Gasteiger partial charge in [-0.15, -0.1) is 0 Å². The zero-order valence-corrected chi connectivity index (χ0v) is 16.1. The highest BCUT2D eigenvalue weighted by Crippen LogP contribution is 2.34. The molecule has 28 heavy (non-hydrogen) atoms. The Morgan fingerprint density at radius 2 is 1.82 bits per heavy atom. The van der Waals surface area contributed by atoms with Gasteiger partial charge in [-0.05, 0) is 37.0 Å². The third-order valence-electron chi connectivity index (χ3n) is 6.31. The molecule has 0 N–H and O–H groups in total. The molecule has 5 rings (SSSR count). The van der Waals surface area contributed by atoms with Crippen molar-refractivity contribution in [2.75, 3.05) is 39.5 Å². The van der Waals surface area contributed by atoms with Crippen molar-refractivity contribution >= 4 is 11.8 Å². The van der Waals surface area contributed by atoms with Gasteiger partial charge in [-0.2, -0.15) is 0 Å². The maximum atomic E-state index is 13.0. The summed E-state index contributed by atoms with van der Waals surface area (Å²) in [5.41, 5.74) is 1.20. The molecule has 3 aliphatic heterocycles. The zero-order chi connectivity index (χ0) is 19.1. The van der Waals surface area contributed by atoms with Crippen molar-refractivity contribution in [2.24, 2.45) is 5.92 Å². The summed E-state index contributed by atoms with van der Waals surface area (Å²) >= 11 is 0. The van der Waals surface area contributed by atoms with E-state index in [2.05, 4.69) is 11.0 Å². The minimum Gasteiger partial charge on any atom is -0.454 e. The van der Waals surface area contributed by atoms with Crippen molar-refractivity contribution in [1.29, 1.82) is 0 Å². The van der Waals surface area contributed by atoms with E-state index in [0.717, 1.165) is 57.1 Å². The lowest BCUT2D eigenvalue weighted by molar-refractivity contribution is -0.144. The van der Waals surface area contributed by atoms with Crippen molar-refractivity contribution in [3.63, 3.8) is 0 Å².